The van der Waals surface area contributed by atoms with Gasteiger partial charge in [-0.1, -0.05) is 29.8 Å². The van der Waals surface area contributed by atoms with Crippen molar-refractivity contribution in [3.63, 3.8) is 0 Å². The predicted molar refractivity (Wildman–Crippen MR) is 111 cm³/mol. The number of nitro benzene ring substituents is 1. The molecule has 1 aliphatic rings. The van der Waals surface area contributed by atoms with E-state index in [1.807, 2.05) is 4.90 Å². The molecule has 1 saturated heterocycles. The Morgan fingerprint density at radius 2 is 1.42 bits per heavy atom. The van der Waals surface area contributed by atoms with Crippen LogP contribution in [-0.4, -0.2) is 69.0 Å². The van der Waals surface area contributed by atoms with Crippen molar-refractivity contribution in [3.8, 4) is 0 Å². The molecule has 10 heteroatoms. The molecule has 0 bridgehead atoms. The van der Waals surface area contributed by atoms with E-state index in [1.165, 1.54) is 35.4 Å². The highest BCUT2D eigenvalue weighted by molar-refractivity contribution is 6.27. The van der Waals surface area contributed by atoms with Crippen molar-refractivity contribution >= 4 is 23.5 Å². The Morgan fingerprint density at radius 3 is 1.87 bits per heavy atom. The van der Waals surface area contributed by atoms with E-state index in [-0.39, 0.29) is 11.6 Å². The van der Waals surface area contributed by atoms with Crippen LogP contribution >= 0.6 is 0 Å². The van der Waals surface area contributed by atoms with Crippen LogP contribution in [0.5, 0.6) is 0 Å². The van der Waals surface area contributed by atoms with Crippen LogP contribution in [0.1, 0.15) is 21.5 Å². The van der Waals surface area contributed by atoms with Gasteiger partial charge in [-0.3, -0.25) is 19.8 Å². The summed E-state index contributed by atoms with van der Waals surface area (Å²) in [6, 6.07) is 14.3. The van der Waals surface area contributed by atoms with E-state index in [0.717, 1.165) is 19.6 Å². The number of non-ortho nitro benzene ring substituents is 1. The fourth-order valence-corrected chi connectivity index (χ4v) is 2.97. The summed E-state index contributed by atoms with van der Waals surface area (Å²) in [4.78, 5) is 45.1. The van der Waals surface area contributed by atoms with Crippen molar-refractivity contribution in [2.24, 2.45) is 0 Å². The minimum atomic E-state index is -1.82. The molecular formula is C21H23N3O7. The van der Waals surface area contributed by atoms with Crippen LogP contribution in [0.25, 0.3) is 0 Å². The monoisotopic (exact) mass is 429 g/mol. The average Bonchev–Trinajstić information content (AvgIpc) is 2.76. The molecule has 1 heterocycles. The molecule has 2 aromatic rings. The molecule has 3 rings (SSSR count). The summed E-state index contributed by atoms with van der Waals surface area (Å²) in [5.41, 5.74) is 3.03. The second-order valence-corrected chi connectivity index (χ2v) is 6.97. The number of aryl methyl sites for hydroxylation is 1. The van der Waals surface area contributed by atoms with E-state index in [0.29, 0.717) is 18.7 Å². The standard InChI is InChI=1S/C19H21N3O3.C2H2O4/c1-15-2-4-16(5-3-15)14-20-10-12-21(13-11-20)19(23)17-6-8-18(9-7-17)22(24)25;3-1(4)2(5)6/h2-9H,10-14H2,1H3;(H,3,4)(H,5,6). The highest BCUT2D eigenvalue weighted by Crippen LogP contribution is 2.15. The highest BCUT2D eigenvalue weighted by atomic mass is 16.6. The maximum absolute atomic E-state index is 12.5. The molecule has 2 N–H and O–H groups in total. The molecule has 0 atom stereocenters. The largest absolute Gasteiger partial charge is 0.473 e. The molecule has 0 aliphatic carbocycles. The molecule has 0 unspecified atom stereocenters. The number of piperazine rings is 1. The number of carboxylic acid groups (broad SMARTS) is 2. The van der Waals surface area contributed by atoms with Gasteiger partial charge in [-0.15, -0.1) is 0 Å². The SMILES string of the molecule is Cc1ccc(CN2CCN(C(=O)c3ccc([N+](=O)[O-])cc3)CC2)cc1.O=C(O)C(=O)O. The maximum Gasteiger partial charge on any atom is 0.414 e. The minimum Gasteiger partial charge on any atom is -0.473 e. The lowest BCUT2D eigenvalue weighted by Crippen LogP contribution is -2.48. The van der Waals surface area contributed by atoms with Gasteiger partial charge in [-0.2, -0.15) is 0 Å². The number of hydrogen-bond acceptors (Lipinski definition) is 6. The van der Waals surface area contributed by atoms with Gasteiger partial charge in [0.2, 0.25) is 0 Å². The Balaban J connectivity index is 0.000000501. The van der Waals surface area contributed by atoms with Gasteiger partial charge in [0.15, 0.2) is 0 Å². The third-order valence-corrected chi connectivity index (χ3v) is 4.69. The number of aliphatic carboxylic acids is 2. The fourth-order valence-electron chi connectivity index (χ4n) is 2.97. The Bertz CT molecular complexity index is 922. The molecule has 2 aromatic carbocycles. The number of hydrogen-bond donors (Lipinski definition) is 2. The van der Waals surface area contributed by atoms with Crippen LogP contribution in [0.15, 0.2) is 48.5 Å². The van der Waals surface area contributed by atoms with Crippen molar-refractivity contribution in [1.29, 1.82) is 0 Å². The number of carboxylic acids is 2. The summed E-state index contributed by atoms with van der Waals surface area (Å²) < 4.78 is 0. The van der Waals surface area contributed by atoms with Crippen LogP contribution in [0.3, 0.4) is 0 Å². The van der Waals surface area contributed by atoms with Gasteiger partial charge in [0.25, 0.3) is 11.6 Å². The molecule has 1 amide bonds. The zero-order valence-corrected chi connectivity index (χ0v) is 16.9. The van der Waals surface area contributed by atoms with E-state index in [9.17, 15) is 14.9 Å². The molecule has 1 fully saturated rings. The maximum atomic E-state index is 12.5. The summed E-state index contributed by atoms with van der Waals surface area (Å²) in [5, 5.41) is 25.5. The normalized spacial score (nSPS) is 13.6. The summed E-state index contributed by atoms with van der Waals surface area (Å²) in [6.07, 6.45) is 0. The summed E-state index contributed by atoms with van der Waals surface area (Å²) in [7, 11) is 0. The number of benzene rings is 2. The van der Waals surface area contributed by atoms with Crippen LogP contribution in [0.4, 0.5) is 5.69 Å². The van der Waals surface area contributed by atoms with Gasteiger partial charge in [0.05, 0.1) is 4.92 Å². The lowest BCUT2D eigenvalue weighted by molar-refractivity contribution is -0.384. The Hall–Kier alpha value is -3.79. The van der Waals surface area contributed by atoms with E-state index in [1.54, 1.807) is 0 Å². The van der Waals surface area contributed by atoms with E-state index >= 15 is 0 Å². The molecule has 0 saturated carbocycles. The second kappa shape index (κ2) is 10.8. The average molecular weight is 429 g/mol. The van der Waals surface area contributed by atoms with Crippen molar-refractivity contribution in [1.82, 2.24) is 9.80 Å². The topological polar surface area (TPSA) is 141 Å². The molecule has 31 heavy (non-hydrogen) atoms. The van der Waals surface area contributed by atoms with Gasteiger partial charge in [-0.05, 0) is 24.6 Å². The fraction of sp³-hybridized carbons (Fsp3) is 0.286. The Labute approximate surface area is 178 Å². The van der Waals surface area contributed by atoms with Crippen molar-refractivity contribution < 1.29 is 29.5 Å². The zero-order valence-electron chi connectivity index (χ0n) is 16.9. The van der Waals surface area contributed by atoms with Gasteiger partial charge in [-0.25, -0.2) is 9.59 Å². The molecule has 0 radical (unpaired) electrons. The lowest BCUT2D eigenvalue weighted by Gasteiger charge is -2.34. The number of carbonyl (C=O) groups is 3. The number of nitrogens with zero attached hydrogens (tertiary/aromatic N) is 3. The second-order valence-electron chi connectivity index (χ2n) is 6.97. The predicted octanol–water partition coefficient (Wildman–Crippen LogP) is 2.02. The number of rotatable bonds is 4. The first-order valence-corrected chi connectivity index (χ1v) is 9.45. The van der Waals surface area contributed by atoms with Crippen LogP contribution in [-0.2, 0) is 16.1 Å². The van der Waals surface area contributed by atoms with Gasteiger partial charge in [0.1, 0.15) is 0 Å². The first-order chi connectivity index (χ1) is 14.7. The first kappa shape index (κ1) is 23.5. The Kier molecular flexibility index (Phi) is 8.21. The molecule has 0 aromatic heterocycles. The van der Waals surface area contributed by atoms with Crippen molar-refractivity contribution in [3.05, 3.63) is 75.3 Å². The number of nitro groups is 1. The highest BCUT2D eigenvalue weighted by Gasteiger charge is 2.22. The quantitative estimate of drug-likeness (QED) is 0.427. The van der Waals surface area contributed by atoms with E-state index in [4.69, 9.17) is 19.8 Å². The molecule has 10 nitrogen and oxygen atoms in total. The van der Waals surface area contributed by atoms with Gasteiger partial charge in [0, 0.05) is 50.4 Å². The van der Waals surface area contributed by atoms with Gasteiger partial charge < -0.3 is 15.1 Å². The van der Waals surface area contributed by atoms with Crippen molar-refractivity contribution in [2.45, 2.75) is 13.5 Å². The van der Waals surface area contributed by atoms with Gasteiger partial charge >= 0.3 is 11.9 Å². The van der Waals surface area contributed by atoms with E-state index < -0.39 is 16.9 Å². The van der Waals surface area contributed by atoms with Crippen LogP contribution in [0.2, 0.25) is 0 Å². The lowest BCUT2D eigenvalue weighted by atomic mass is 10.1. The summed E-state index contributed by atoms with van der Waals surface area (Å²) >= 11 is 0. The smallest absolute Gasteiger partial charge is 0.414 e. The third kappa shape index (κ3) is 7.19. The number of carbonyl (C=O) groups excluding carboxylic acids is 1. The first-order valence-electron chi connectivity index (χ1n) is 9.45. The van der Waals surface area contributed by atoms with E-state index in [2.05, 4.69) is 36.1 Å². The number of amides is 1. The summed E-state index contributed by atoms with van der Waals surface area (Å²) in [5.74, 6) is -3.71. The Morgan fingerprint density at radius 1 is 0.903 bits per heavy atom. The minimum absolute atomic E-state index is 0.000493. The zero-order chi connectivity index (χ0) is 23.0. The summed E-state index contributed by atoms with van der Waals surface area (Å²) in [6.45, 7) is 5.95. The third-order valence-electron chi connectivity index (χ3n) is 4.69. The van der Waals surface area contributed by atoms with Crippen molar-refractivity contribution in [2.75, 3.05) is 26.2 Å². The molecule has 164 valence electrons. The van der Waals surface area contributed by atoms with Crippen LogP contribution < -0.4 is 0 Å². The van der Waals surface area contributed by atoms with Crippen LogP contribution in [0, 0.1) is 17.0 Å². The molecule has 0 spiro atoms. The molecular weight excluding hydrogens is 406 g/mol. The molecule has 1 aliphatic heterocycles.